The Morgan fingerprint density at radius 2 is 1.09 bits per heavy atom. The Kier molecular flexibility index (Phi) is 9.06. The third-order valence-corrected chi connectivity index (χ3v) is 6.60. The van der Waals surface area contributed by atoms with Gasteiger partial charge >= 0.3 is 0 Å². The molecule has 2 N–H and O–H groups in total. The first-order chi connectivity index (χ1) is 16.1. The molecule has 33 heavy (non-hydrogen) atoms. The van der Waals surface area contributed by atoms with Gasteiger partial charge in [0.05, 0.1) is 5.41 Å². The molecule has 1 amide bonds. The van der Waals surface area contributed by atoms with Crippen LogP contribution in [-0.2, 0) is 10.2 Å². The fraction of sp³-hybridized carbons (Fsp3) is 0.323. The molecule has 0 bridgehead atoms. The van der Waals surface area contributed by atoms with Gasteiger partial charge in [0.15, 0.2) is 0 Å². The lowest BCUT2D eigenvalue weighted by Gasteiger charge is -2.35. The average molecular weight is 440 g/mol. The van der Waals surface area contributed by atoms with Crippen molar-refractivity contribution >= 4 is 5.91 Å². The molecule has 0 unspecified atom stereocenters. The highest BCUT2D eigenvalue weighted by molar-refractivity contribution is 5.93. The number of nitrogens with two attached hydrogens (primary N) is 1. The second-order valence-corrected chi connectivity index (χ2v) is 8.85. The summed E-state index contributed by atoms with van der Waals surface area (Å²) >= 11 is 0. The van der Waals surface area contributed by atoms with Crippen LogP contribution < -0.4 is 5.73 Å². The molecule has 3 aromatic carbocycles. The summed E-state index contributed by atoms with van der Waals surface area (Å²) in [5, 5.41) is 0. The first-order valence-corrected chi connectivity index (χ1v) is 12.3. The number of hydrogen-bond acceptors (Lipinski definition) is 1. The SMILES string of the molecule is CCCCC(CCCC)/C(=C/C(c1ccccc1)(c1ccccc1)c1ccccc1)C(N)=O. The highest BCUT2D eigenvalue weighted by Crippen LogP contribution is 2.42. The number of rotatable bonds is 12. The summed E-state index contributed by atoms with van der Waals surface area (Å²) in [6, 6.07) is 31.5. The predicted octanol–water partition coefficient (Wildman–Crippen LogP) is 7.43. The molecule has 0 saturated heterocycles. The summed E-state index contributed by atoms with van der Waals surface area (Å²) in [5.41, 5.74) is 9.66. The summed E-state index contributed by atoms with van der Waals surface area (Å²) in [6.07, 6.45) is 8.55. The lowest BCUT2D eigenvalue weighted by atomic mass is 9.67. The van der Waals surface area contributed by atoms with E-state index in [1.807, 2.05) is 18.2 Å². The number of unbranched alkanes of at least 4 members (excludes halogenated alkanes) is 2. The van der Waals surface area contributed by atoms with E-state index in [2.05, 4.69) is 92.7 Å². The topological polar surface area (TPSA) is 43.1 Å². The minimum atomic E-state index is -0.606. The number of amides is 1. The standard InChI is InChI=1S/C31H37NO/c1-3-5-16-25(17-6-4-2)29(30(32)33)24-31(26-18-10-7-11-19-26,27-20-12-8-13-21-27)28-22-14-9-15-23-28/h7-15,18-25H,3-6,16-17H2,1-2H3,(H2,32,33)/b29-24-. The zero-order chi connectivity index (χ0) is 23.5. The molecule has 0 heterocycles. The monoisotopic (exact) mass is 439 g/mol. The third-order valence-electron chi connectivity index (χ3n) is 6.60. The summed E-state index contributed by atoms with van der Waals surface area (Å²) < 4.78 is 0. The average Bonchev–Trinajstić information content (AvgIpc) is 2.87. The van der Waals surface area contributed by atoms with Gasteiger partial charge in [-0.3, -0.25) is 4.79 Å². The Bertz CT molecular complexity index is 904. The summed E-state index contributed by atoms with van der Waals surface area (Å²) in [6.45, 7) is 4.40. The number of allylic oxidation sites excluding steroid dienone is 1. The molecule has 0 aliphatic rings. The lowest BCUT2D eigenvalue weighted by molar-refractivity contribution is -0.115. The Morgan fingerprint density at radius 1 is 0.727 bits per heavy atom. The van der Waals surface area contributed by atoms with Crippen LogP contribution in [0.15, 0.2) is 103 Å². The number of benzene rings is 3. The maximum atomic E-state index is 13.0. The molecule has 0 spiro atoms. The summed E-state index contributed by atoms with van der Waals surface area (Å²) in [5.74, 6) is -0.141. The normalized spacial score (nSPS) is 12.2. The van der Waals surface area contributed by atoms with Crippen molar-refractivity contribution in [2.45, 2.75) is 57.8 Å². The molecule has 3 rings (SSSR count). The maximum absolute atomic E-state index is 13.0. The second-order valence-electron chi connectivity index (χ2n) is 8.85. The van der Waals surface area contributed by atoms with Crippen molar-refractivity contribution in [1.82, 2.24) is 0 Å². The number of hydrogen-bond donors (Lipinski definition) is 1. The van der Waals surface area contributed by atoms with Crippen LogP contribution in [0.5, 0.6) is 0 Å². The first kappa shape index (κ1) is 24.5. The van der Waals surface area contributed by atoms with Crippen molar-refractivity contribution in [3.05, 3.63) is 119 Å². The van der Waals surface area contributed by atoms with Crippen LogP contribution in [0.1, 0.15) is 69.1 Å². The highest BCUT2D eigenvalue weighted by Gasteiger charge is 2.36. The van der Waals surface area contributed by atoms with Gasteiger partial charge in [0.2, 0.25) is 5.91 Å². The van der Waals surface area contributed by atoms with Crippen molar-refractivity contribution in [2.24, 2.45) is 11.7 Å². The summed E-state index contributed by atoms with van der Waals surface area (Å²) in [7, 11) is 0. The zero-order valence-electron chi connectivity index (χ0n) is 20.0. The Morgan fingerprint density at radius 3 is 1.39 bits per heavy atom. The Hall–Kier alpha value is -3.13. The van der Waals surface area contributed by atoms with Gasteiger partial charge in [-0.05, 0) is 35.4 Å². The quantitative estimate of drug-likeness (QED) is 0.231. The smallest absolute Gasteiger partial charge is 0.244 e. The Balaban J connectivity index is 2.33. The molecule has 0 radical (unpaired) electrons. The van der Waals surface area contributed by atoms with Crippen LogP contribution in [-0.4, -0.2) is 5.91 Å². The van der Waals surface area contributed by atoms with E-state index in [1.54, 1.807) is 0 Å². The Labute approximate surface area is 199 Å². The molecule has 0 fully saturated rings. The van der Waals surface area contributed by atoms with Gasteiger partial charge < -0.3 is 5.73 Å². The van der Waals surface area contributed by atoms with E-state index < -0.39 is 5.41 Å². The number of carbonyl (C=O) groups is 1. The van der Waals surface area contributed by atoms with Gasteiger partial charge in [-0.15, -0.1) is 0 Å². The molecular weight excluding hydrogens is 402 g/mol. The molecule has 0 aromatic heterocycles. The zero-order valence-corrected chi connectivity index (χ0v) is 20.0. The van der Waals surface area contributed by atoms with E-state index >= 15 is 0 Å². The first-order valence-electron chi connectivity index (χ1n) is 12.3. The second kappa shape index (κ2) is 12.2. The van der Waals surface area contributed by atoms with Crippen LogP contribution in [0.3, 0.4) is 0 Å². The van der Waals surface area contributed by atoms with Crippen LogP contribution in [0.4, 0.5) is 0 Å². The van der Waals surface area contributed by atoms with Crippen LogP contribution in [0, 0.1) is 5.92 Å². The largest absolute Gasteiger partial charge is 0.366 e. The molecule has 0 atom stereocenters. The van der Waals surface area contributed by atoms with Gasteiger partial charge in [-0.25, -0.2) is 0 Å². The fourth-order valence-corrected chi connectivity index (χ4v) is 4.83. The van der Waals surface area contributed by atoms with Crippen molar-refractivity contribution in [2.75, 3.05) is 0 Å². The van der Waals surface area contributed by atoms with E-state index in [1.165, 1.54) is 0 Å². The molecule has 0 saturated carbocycles. The fourth-order valence-electron chi connectivity index (χ4n) is 4.83. The minimum absolute atomic E-state index is 0.165. The predicted molar refractivity (Wildman–Crippen MR) is 139 cm³/mol. The van der Waals surface area contributed by atoms with Crippen molar-refractivity contribution in [1.29, 1.82) is 0 Å². The van der Waals surface area contributed by atoms with Gasteiger partial charge in [0, 0.05) is 5.57 Å². The lowest BCUT2D eigenvalue weighted by Crippen LogP contribution is -2.31. The van der Waals surface area contributed by atoms with E-state index in [9.17, 15) is 4.79 Å². The van der Waals surface area contributed by atoms with Crippen LogP contribution >= 0.6 is 0 Å². The van der Waals surface area contributed by atoms with Gasteiger partial charge in [-0.2, -0.15) is 0 Å². The van der Waals surface area contributed by atoms with Gasteiger partial charge in [0.1, 0.15) is 0 Å². The van der Waals surface area contributed by atoms with Gasteiger partial charge in [-0.1, -0.05) is 137 Å². The number of primary amides is 1. The van der Waals surface area contributed by atoms with Crippen molar-refractivity contribution < 1.29 is 4.79 Å². The van der Waals surface area contributed by atoms with Crippen LogP contribution in [0.25, 0.3) is 0 Å². The van der Waals surface area contributed by atoms with Gasteiger partial charge in [0.25, 0.3) is 0 Å². The van der Waals surface area contributed by atoms with E-state index in [4.69, 9.17) is 5.73 Å². The molecule has 0 aliphatic heterocycles. The molecule has 2 nitrogen and oxygen atoms in total. The highest BCUT2D eigenvalue weighted by atomic mass is 16.1. The van der Waals surface area contributed by atoms with Crippen molar-refractivity contribution in [3.8, 4) is 0 Å². The van der Waals surface area contributed by atoms with E-state index in [0.29, 0.717) is 0 Å². The third kappa shape index (κ3) is 5.82. The molecule has 172 valence electrons. The van der Waals surface area contributed by atoms with E-state index in [0.717, 1.165) is 60.8 Å². The van der Waals surface area contributed by atoms with Crippen molar-refractivity contribution in [3.63, 3.8) is 0 Å². The minimum Gasteiger partial charge on any atom is -0.366 e. The molecule has 0 aliphatic carbocycles. The maximum Gasteiger partial charge on any atom is 0.244 e. The molecule has 3 aromatic rings. The molecule has 2 heteroatoms. The number of carbonyl (C=O) groups excluding carboxylic acids is 1. The van der Waals surface area contributed by atoms with Crippen LogP contribution in [0.2, 0.25) is 0 Å². The van der Waals surface area contributed by atoms with E-state index in [-0.39, 0.29) is 11.8 Å². The summed E-state index contributed by atoms with van der Waals surface area (Å²) in [4.78, 5) is 13.0. The molecular formula is C31H37NO.